The highest BCUT2D eigenvalue weighted by Crippen LogP contribution is 2.44. The van der Waals surface area contributed by atoms with Gasteiger partial charge < -0.3 is 10.0 Å². The molecule has 24 heavy (non-hydrogen) atoms. The molecule has 2 aliphatic rings. The standard InChI is InChI=1S/C18H14F2N2O2/c1-21-16-5-3-12(23)8-14(16)17-6-10(9-22(17)18(21)24)13-7-11(19)2-4-15(13)20/h2-8,17,23H,9H2,1H3. The molecule has 1 atom stereocenters. The predicted molar refractivity (Wildman–Crippen MR) is 85.7 cm³/mol. The fraction of sp³-hybridized carbons (Fsp3) is 0.167. The van der Waals surface area contributed by atoms with Crippen LogP contribution in [0.25, 0.3) is 5.57 Å². The van der Waals surface area contributed by atoms with E-state index in [2.05, 4.69) is 0 Å². The Morgan fingerprint density at radius 3 is 2.75 bits per heavy atom. The van der Waals surface area contributed by atoms with Crippen LogP contribution in [0, 0.1) is 11.6 Å². The molecule has 1 N–H and O–H groups in total. The van der Waals surface area contributed by atoms with Gasteiger partial charge in [-0.2, -0.15) is 0 Å². The summed E-state index contributed by atoms with van der Waals surface area (Å²) < 4.78 is 27.6. The number of benzene rings is 2. The van der Waals surface area contributed by atoms with E-state index in [9.17, 15) is 18.7 Å². The van der Waals surface area contributed by atoms with Gasteiger partial charge in [0.05, 0.1) is 11.7 Å². The van der Waals surface area contributed by atoms with E-state index in [1.807, 2.05) is 0 Å². The third kappa shape index (κ3) is 2.06. The summed E-state index contributed by atoms with van der Waals surface area (Å²) in [6, 6.07) is 7.44. The summed E-state index contributed by atoms with van der Waals surface area (Å²) in [6.45, 7) is 0.184. The number of fused-ring (bicyclic) bond motifs is 3. The number of aromatic hydroxyl groups is 1. The Hall–Kier alpha value is -2.89. The van der Waals surface area contributed by atoms with Crippen molar-refractivity contribution in [3.8, 4) is 5.75 Å². The number of anilines is 1. The van der Waals surface area contributed by atoms with Gasteiger partial charge in [-0.05, 0) is 42.0 Å². The molecule has 0 saturated carbocycles. The van der Waals surface area contributed by atoms with Gasteiger partial charge in [-0.3, -0.25) is 4.90 Å². The molecule has 0 saturated heterocycles. The summed E-state index contributed by atoms with van der Waals surface area (Å²) in [5.41, 5.74) is 2.15. The van der Waals surface area contributed by atoms with Crippen LogP contribution in [-0.4, -0.2) is 29.6 Å². The Bertz CT molecular complexity index is 895. The maximum Gasteiger partial charge on any atom is 0.325 e. The number of phenols is 1. The van der Waals surface area contributed by atoms with Gasteiger partial charge >= 0.3 is 6.03 Å². The van der Waals surface area contributed by atoms with E-state index in [1.165, 1.54) is 11.0 Å². The minimum atomic E-state index is -0.529. The Kier molecular flexibility index (Phi) is 3.09. The first-order valence-corrected chi connectivity index (χ1v) is 7.49. The highest BCUT2D eigenvalue weighted by atomic mass is 19.1. The van der Waals surface area contributed by atoms with E-state index in [4.69, 9.17) is 0 Å². The molecule has 2 amide bonds. The highest BCUT2D eigenvalue weighted by Gasteiger charge is 2.39. The van der Waals surface area contributed by atoms with Gasteiger partial charge in [0.15, 0.2) is 0 Å². The monoisotopic (exact) mass is 328 g/mol. The van der Waals surface area contributed by atoms with Gasteiger partial charge in [-0.25, -0.2) is 13.6 Å². The van der Waals surface area contributed by atoms with Crippen LogP contribution in [0.5, 0.6) is 5.75 Å². The van der Waals surface area contributed by atoms with Crippen LogP contribution >= 0.6 is 0 Å². The van der Waals surface area contributed by atoms with Gasteiger partial charge in [0.1, 0.15) is 17.4 Å². The lowest BCUT2D eigenvalue weighted by Gasteiger charge is -2.37. The van der Waals surface area contributed by atoms with Crippen LogP contribution in [0.4, 0.5) is 19.3 Å². The van der Waals surface area contributed by atoms with Crippen LogP contribution in [0.15, 0.2) is 42.5 Å². The molecule has 2 aromatic carbocycles. The summed E-state index contributed by atoms with van der Waals surface area (Å²) >= 11 is 0. The number of urea groups is 1. The first-order valence-electron chi connectivity index (χ1n) is 7.49. The maximum atomic E-state index is 14.1. The molecule has 4 nitrogen and oxygen atoms in total. The van der Waals surface area contributed by atoms with Crippen molar-refractivity contribution < 1.29 is 18.7 Å². The number of phenolic OH excluding ortho intramolecular Hbond substituents is 1. The topological polar surface area (TPSA) is 43.8 Å². The molecular formula is C18H14F2N2O2. The zero-order valence-corrected chi connectivity index (χ0v) is 12.8. The molecule has 0 aliphatic carbocycles. The van der Waals surface area contributed by atoms with Crippen LogP contribution < -0.4 is 4.90 Å². The maximum absolute atomic E-state index is 14.1. The van der Waals surface area contributed by atoms with E-state index in [0.717, 1.165) is 23.8 Å². The number of carbonyl (C=O) groups is 1. The zero-order chi connectivity index (χ0) is 17.0. The molecular weight excluding hydrogens is 314 g/mol. The van der Waals surface area contributed by atoms with Crippen LogP contribution in [0.1, 0.15) is 17.2 Å². The summed E-state index contributed by atoms with van der Waals surface area (Å²) in [5.74, 6) is -0.965. The van der Waals surface area contributed by atoms with Crippen molar-refractivity contribution >= 4 is 17.3 Å². The molecule has 1 unspecified atom stereocenters. The lowest BCUT2D eigenvalue weighted by molar-refractivity contribution is 0.202. The van der Waals surface area contributed by atoms with Crippen LogP contribution in [0.3, 0.4) is 0 Å². The van der Waals surface area contributed by atoms with Gasteiger partial charge in [0.25, 0.3) is 0 Å². The van der Waals surface area contributed by atoms with Crippen LogP contribution in [0.2, 0.25) is 0 Å². The minimum Gasteiger partial charge on any atom is -0.508 e. The Balaban J connectivity index is 1.84. The minimum absolute atomic E-state index is 0.0928. The van der Waals surface area contributed by atoms with Crippen molar-refractivity contribution in [1.82, 2.24) is 4.90 Å². The number of nitrogens with zero attached hydrogens (tertiary/aromatic N) is 2. The number of carbonyl (C=O) groups excluding carboxylic acids is 1. The molecule has 2 aliphatic heterocycles. The first-order chi connectivity index (χ1) is 11.5. The molecule has 2 heterocycles. The lowest BCUT2D eigenvalue weighted by atomic mass is 9.99. The van der Waals surface area contributed by atoms with Gasteiger partial charge in [0.2, 0.25) is 0 Å². The second-order valence-corrected chi connectivity index (χ2v) is 5.97. The number of rotatable bonds is 1. The molecule has 122 valence electrons. The predicted octanol–water partition coefficient (Wildman–Crippen LogP) is 3.68. The lowest BCUT2D eigenvalue weighted by Crippen LogP contribution is -2.45. The van der Waals surface area contributed by atoms with Gasteiger partial charge in [-0.15, -0.1) is 0 Å². The summed E-state index contributed by atoms with van der Waals surface area (Å²) in [5, 5.41) is 9.77. The smallest absolute Gasteiger partial charge is 0.325 e. The van der Waals surface area contributed by atoms with E-state index in [0.29, 0.717) is 11.3 Å². The number of hydrogen-bond donors (Lipinski definition) is 1. The average molecular weight is 328 g/mol. The van der Waals surface area contributed by atoms with Crippen molar-refractivity contribution in [2.24, 2.45) is 0 Å². The largest absolute Gasteiger partial charge is 0.508 e. The molecule has 0 bridgehead atoms. The third-order valence-electron chi connectivity index (χ3n) is 4.53. The molecule has 0 fully saturated rings. The molecule has 0 spiro atoms. The fourth-order valence-electron chi connectivity index (χ4n) is 3.36. The first kappa shape index (κ1) is 14.7. The normalized spacial score (nSPS) is 19.2. The Morgan fingerprint density at radius 1 is 1.17 bits per heavy atom. The van der Waals surface area contributed by atoms with Gasteiger partial charge in [0, 0.05) is 24.7 Å². The Labute approximate surface area is 137 Å². The van der Waals surface area contributed by atoms with Crippen molar-refractivity contribution in [2.75, 3.05) is 18.5 Å². The van der Waals surface area contributed by atoms with E-state index >= 15 is 0 Å². The van der Waals surface area contributed by atoms with E-state index < -0.39 is 17.7 Å². The van der Waals surface area contributed by atoms with Crippen molar-refractivity contribution in [3.63, 3.8) is 0 Å². The zero-order valence-electron chi connectivity index (χ0n) is 12.8. The van der Waals surface area contributed by atoms with Crippen LogP contribution in [-0.2, 0) is 0 Å². The summed E-state index contributed by atoms with van der Waals surface area (Å²) in [6.07, 6.45) is 1.75. The van der Waals surface area contributed by atoms with Crippen molar-refractivity contribution in [1.29, 1.82) is 0 Å². The van der Waals surface area contributed by atoms with E-state index in [1.54, 1.807) is 30.2 Å². The Morgan fingerprint density at radius 2 is 1.96 bits per heavy atom. The number of hydrogen-bond acceptors (Lipinski definition) is 2. The number of amides is 2. The SMILES string of the molecule is CN1C(=O)N2CC(c3cc(F)ccc3F)=CC2c2cc(O)ccc21. The summed E-state index contributed by atoms with van der Waals surface area (Å²) in [7, 11) is 1.65. The fourth-order valence-corrected chi connectivity index (χ4v) is 3.36. The second-order valence-electron chi connectivity index (χ2n) is 5.97. The molecule has 2 aromatic rings. The van der Waals surface area contributed by atoms with Crippen molar-refractivity contribution in [3.05, 3.63) is 65.2 Å². The molecule has 4 rings (SSSR count). The van der Waals surface area contributed by atoms with Gasteiger partial charge in [-0.1, -0.05) is 6.08 Å². The number of halogens is 2. The van der Waals surface area contributed by atoms with E-state index in [-0.39, 0.29) is 23.9 Å². The summed E-state index contributed by atoms with van der Waals surface area (Å²) in [4.78, 5) is 15.6. The molecule has 6 heteroatoms. The second kappa shape index (κ2) is 5.06. The van der Waals surface area contributed by atoms with Crippen molar-refractivity contribution in [2.45, 2.75) is 6.04 Å². The molecule has 0 radical (unpaired) electrons. The highest BCUT2D eigenvalue weighted by molar-refractivity contribution is 5.98. The average Bonchev–Trinajstić information content (AvgIpc) is 3.00. The quantitative estimate of drug-likeness (QED) is 0.868. The molecule has 0 aromatic heterocycles. The third-order valence-corrected chi connectivity index (χ3v) is 4.53.